The van der Waals surface area contributed by atoms with E-state index in [2.05, 4.69) is 10.3 Å². The molecule has 3 rings (SSSR count). The largest absolute Gasteiger partial charge is 0.361 e. The van der Waals surface area contributed by atoms with Gasteiger partial charge in [-0.05, 0) is 43.7 Å². The molecule has 1 aromatic carbocycles. The molecule has 2 heterocycles. The van der Waals surface area contributed by atoms with Crippen molar-refractivity contribution < 1.29 is 13.8 Å². The van der Waals surface area contributed by atoms with Crippen LogP contribution in [0.5, 0.6) is 0 Å². The first kappa shape index (κ1) is 13.8. The highest BCUT2D eigenvalue weighted by Crippen LogP contribution is 2.36. The van der Waals surface area contributed by atoms with Crippen molar-refractivity contribution in [3.05, 3.63) is 47.5 Å². The molecule has 0 fully saturated rings. The topological polar surface area (TPSA) is 62.0 Å². The Balaban J connectivity index is 2.05. The van der Waals surface area contributed by atoms with Gasteiger partial charge in [-0.2, -0.15) is 0 Å². The summed E-state index contributed by atoms with van der Waals surface area (Å²) in [5, 5.41) is 3.40. The molecule has 2 aromatic rings. The second-order valence-electron chi connectivity index (χ2n) is 5.37. The zero-order valence-electron chi connectivity index (χ0n) is 11.6. The zero-order valence-corrected chi connectivity index (χ0v) is 12.5. The summed E-state index contributed by atoms with van der Waals surface area (Å²) in [6.07, 6.45) is 3.31. The Morgan fingerprint density at radius 3 is 2.67 bits per heavy atom. The summed E-state index contributed by atoms with van der Waals surface area (Å²) in [5.74, 6) is -0.669. The molecule has 0 radical (unpaired) electrons. The predicted molar refractivity (Wildman–Crippen MR) is 82.8 cm³/mol. The minimum Gasteiger partial charge on any atom is -0.361 e. The Morgan fingerprint density at radius 1 is 1.24 bits per heavy atom. The van der Waals surface area contributed by atoms with E-state index in [1.54, 1.807) is 31.7 Å². The van der Waals surface area contributed by atoms with Crippen molar-refractivity contribution in [3.63, 3.8) is 0 Å². The van der Waals surface area contributed by atoms with Gasteiger partial charge < -0.3 is 14.9 Å². The van der Waals surface area contributed by atoms with E-state index in [1.165, 1.54) is 18.2 Å². The number of H-pyrrole nitrogens is 1. The zero-order chi connectivity index (χ0) is 15.2. The van der Waals surface area contributed by atoms with Crippen LogP contribution in [0.2, 0.25) is 0 Å². The highest BCUT2D eigenvalue weighted by atomic mass is 31.2. The van der Waals surface area contributed by atoms with Gasteiger partial charge in [0.1, 0.15) is 13.0 Å². The van der Waals surface area contributed by atoms with Crippen molar-refractivity contribution in [2.75, 3.05) is 18.6 Å². The fourth-order valence-electron chi connectivity index (χ4n) is 2.25. The van der Waals surface area contributed by atoms with E-state index in [-0.39, 0.29) is 5.91 Å². The fourth-order valence-corrected chi connectivity index (χ4v) is 3.08. The fraction of sp³-hybridized carbons (Fsp3) is 0.133. The molecular weight excluding hydrogens is 290 g/mol. The number of benzene rings is 1. The molecule has 21 heavy (non-hydrogen) atoms. The van der Waals surface area contributed by atoms with Crippen molar-refractivity contribution in [1.29, 1.82) is 0 Å². The molecule has 6 heteroatoms. The van der Waals surface area contributed by atoms with Crippen molar-refractivity contribution in [2.45, 2.75) is 0 Å². The van der Waals surface area contributed by atoms with Gasteiger partial charge in [0, 0.05) is 28.4 Å². The van der Waals surface area contributed by atoms with Crippen LogP contribution in [0.1, 0.15) is 11.3 Å². The molecule has 0 bridgehead atoms. The Hall–Kier alpha value is -2.13. The molecule has 0 atom stereocenters. The average molecular weight is 304 g/mol. The lowest BCUT2D eigenvalue weighted by Crippen LogP contribution is -2.03. The van der Waals surface area contributed by atoms with Gasteiger partial charge in [0.15, 0.2) is 0 Å². The quantitative estimate of drug-likeness (QED) is 0.662. The number of nitrogens with one attached hydrogen (secondary N) is 2. The minimum absolute atomic E-state index is 0.275. The molecule has 1 amide bonds. The summed E-state index contributed by atoms with van der Waals surface area (Å²) in [6, 6.07) is 5.92. The van der Waals surface area contributed by atoms with Crippen molar-refractivity contribution in [3.8, 4) is 0 Å². The molecule has 0 spiro atoms. The first-order valence-corrected chi connectivity index (χ1v) is 9.02. The Morgan fingerprint density at radius 2 is 2.00 bits per heavy atom. The third-order valence-corrected chi connectivity index (χ3v) is 4.88. The van der Waals surface area contributed by atoms with Gasteiger partial charge in [-0.3, -0.25) is 4.79 Å². The predicted octanol–water partition coefficient (Wildman–Crippen LogP) is 2.89. The molecule has 1 aliphatic heterocycles. The summed E-state index contributed by atoms with van der Waals surface area (Å²) in [6.45, 7) is 3.36. The minimum atomic E-state index is -2.35. The van der Waals surface area contributed by atoms with Gasteiger partial charge in [-0.25, -0.2) is 4.39 Å². The van der Waals surface area contributed by atoms with Gasteiger partial charge in [0.05, 0.1) is 5.57 Å². The lowest BCUT2D eigenvalue weighted by Gasteiger charge is -2.00. The van der Waals surface area contributed by atoms with Crippen molar-refractivity contribution in [2.24, 2.45) is 0 Å². The molecule has 0 saturated heterocycles. The maximum atomic E-state index is 13.4. The smallest absolute Gasteiger partial charge is 0.256 e. The van der Waals surface area contributed by atoms with E-state index in [1.807, 2.05) is 0 Å². The second kappa shape index (κ2) is 4.71. The number of aromatic amines is 1. The number of rotatable bonds is 2. The van der Waals surface area contributed by atoms with E-state index in [4.69, 9.17) is 0 Å². The summed E-state index contributed by atoms with van der Waals surface area (Å²) in [5.41, 5.74) is 2.18. The van der Waals surface area contributed by atoms with Gasteiger partial charge >= 0.3 is 0 Å². The number of anilines is 1. The van der Waals surface area contributed by atoms with Gasteiger partial charge in [0.25, 0.3) is 5.91 Å². The van der Waals surface area contributed by atoms with Crippen molar-refractivity contribution >= 4 is 35.7 Å². The van der Waals surface area contributed by atoms with E-state index in [0.29, 0.717) is 27.8 Å². The van der Waals surface area contributed by atoms with Crippen LogP contribution in [0.15, 0.2) is 30.5 Å². The molecule has 0 saturated carbocycles. The van der Waals surface area contributed by atoms with Crippen LogP contribution in [0.25, 0.3) is 11.6 Å². The second-order valence-corrected chi connectivity index (χ2v) is 8.58. The third kappa shape index (κ3) is 2.57. The summed E-state index contributed by atoms with van der Waals surface area (Å²) in [7, 11) is -2.35. The van der Waals surface area contributed by atoms with Gasteiger partial charge in [-0.1, -0.05) is 0 Å². The van der Waals surface area contributed by atoms with Crippen LogP contribution in [0, 0.1) is 5.82 Å². The maximum absolute atomic E-state index is 13.4. The van der Waals surface area contributed by atoms with Gasteiger partial charge in [-0.15, -0.1) is 0 Å². The molecule has 2 N–H and O–H groups in total. The Labute approximate surface area is 121 Å². The first-order chi connectivity index (χ1) is 9.84. The van der Waals surface area contributed by atoms with Crippen LogP contribution < -0.4 is 10.6 Å². The first-order valence-electron chi connectivity index (χ1n) is 6.41. The van der Waals surface area contributed by atoms with Crippen LogP contribution in [-0.4, -0.2) is 24.2 Å². The third-order valence-electron chi connectivity index (χ3n) is 3.38. The number of carbonyl (C=O) groups excluding carboxylic acids is 1. The Kier molecular flexibility index (Phi) is 3.10. The lowest BCUT2D eigenvalue weighted by atomic mass is 10.1. The molecule has 108 valence electrons. The number of aromatic nitrogens is 1. The van der Waals surface area contributed by atoms with Crippen molar-refractivity contribution in [1.82, 2.24) is 4.98 Å². The molecule has 1 aliphatic rings. The summed E-state index contributed by atoms with van der Waals surface area (Å²) in [4.78, 5) is 15.0. The molecule has 0 aliphatic carbocycles. The van der Waals surface area contributed by atoms with Crippen LogP contribution in [-0.2, 0) is 9.36 Å². The van der Waals surface area contributed by atoms with E-state index in [0.717, 1.165) is 0 Å². The lowest BCUT2D eigenvalue weighted by molar-refractivity contribution is -0.110. The highest BCUT2D eigenvalue weighted by Gasteiger charge is 2.24. The summed E-state index contributed by atoms with van der Waals surface area (Å²) < 4.78 is 25.4. The number of carbonyl (C=O) groups is 1. The molecule has 0 unspecified atom stereocenters. The van der Waals surface area contributed by atoms with Crippen LogP contribution >= 0.6 is 7.14 Å². The van der Waals surface area contributed by atoms with Crippen LogP contribution in [0.4, 0.5) is 10.1 Å². The number of hydrogen-bond donors (Lipinski definition) is 2. The average Bonchev–Trinajstić information content (AvgIpc) is 2.96. The number of fused-ring (bicyclic) bond motifs is 1. The number of halogens is 1. The molecule has 1 aromatic heterocycles. The molecule has 4 nitrogen and oxygen atoms in total. The highest BCUT2D eigenvalue weighted by molar-refractivity contribution is 7.70. The monoisotopic (exact) mass is 304 g/mol. The Bertz CT molecular complexity index is 817. The standard InChI is InChI=1S/C15H14FN2O2P/c1-21(2,20)11-6-10(17-8-11)7-13-12-5-9(16)3-4-14(12)18-15(13)19/h3-8,17H,1-2H3,(H,18,19)/b13-7-. The van der Waals surface area contributed by atoms with Gasteiger partial charge in [0.2, 0.25) is 0 Å². The SMILES string of the molecule is CP(C)(=O)c1c[nH]c(/C=C2\C(=O)Nc3ccc(F)cc32)c1. The maximum Gasteiger partial charge on any atom is 0.256 e. The van der Waals surface area contributed by atoms with Crippen LogP contribution in [0.3, 0.4) is 0 Å². The summed E-state index contributed by atoms with van der Waals surface area (Å²) >= 11 is 0. The normalized spacial score (nSPS) is 16.1. The van der Waals surface area contributed by atoms with E-state index < -0.39 is 13.0 Å². The van der Waals surface area contributed by atoms with E-state index in [9.17, 15) is 13.8 Å². The number of amides is 1. The molecular formula is C15H14FN2O2P. The number of hydrogen-bond acceptors (Lipinski definition) is 2. The van der Waals surface area contributed by atoms with E-state index >= 15 is 0 Å².